The van der Waals surface area contributed by atoms with Gasteiger partial charge in [-0.2, -0.15) is 0 Å². The molecule has 0 bridgehead atoms. The number of benzene rings is 3. The Morgan fingerprint density at radius 3 is 2.59 bits per heavy atom. The van der Waals surface area contributed by atoms with Crippen LogP contribution in [0.5, 0.6) is 5.75 Å². The minimum Gasteiger partial charge on any atom is -0.494 e. The summed E-state index contributed by atoms with van der Waals surface area (Å²) in [5.41, 5.74) is 7.84. The number of anilines is 2. The zero-order chi connectivity index (χ0) is 24.2. The number of hydrogen-bond donors (Lipinski definition) is 3. The molecule has 34 heavy (non-hydrogen) atoms. The smallest absolute Gasteiger partial charge is 0.255 e. The van der Waals surface area contributed by atoms with Gasteiger partial charge in [0.2, 0.25) is 0 Å². The fourth-order valence-electron chi connectivity index (χ4n) is 3.59. The van der Waals surface area contributed by atoms with Gasteiger partial charge < -0.3 is 21.1 Å². The van der Waals surface area contributed by atoms with Crippen molar-refractivity contribution in [2.45, 2.75) is 13.0 Å². The second-order valence-corrected chi connectivity index (χ2v) is 7.58. The Bertz CT molecular complexity index is 1390. The van der Waals surface area contributed by atoms with E-state index in [1.807, 2.05) is 25.1 Å². The summed E-state index contributed by atoms with van der Waals surface area (Å²) in [4.78, 5) is 32.8. The molecule has 1 heterocycles. The van der Waals surface area contributed by atoms with Gasteiger partial charge in [0.25, 0.3) is 11.8 Å². The first kappa shape index (κ1) is 22.7. The SMILES string of the molecule is COc1ccc(C(=O)Nc2cccc([C@@H](C)Nc3ncnc4c(C(N)=O)cccc34)c2)cc1F. The van der Waals surface area contributed by atoms with E-state index in [1.54, 1.807) is 24.3 Å². The van der Waals surface area contributed by atoms with Crippen LogP contribution < -0.4 is 21.1 Å². The number of aromatic nitrogens is 2. The van der Waals surface area contributed by atoms with Gasteiger partial charge in [-0.25, -0.2) is 14.4 Å². The van der Waals surface area contributed by atoms with Crippen LogP contribution in [0.4, 0.5) is 15.9 Å². The molecule has 0 unspecified atom stereocenters. The maximum Gasteiger partial charge on any atom is 0.255 e. The molecular weight excluding hydrogens is 437 g/mol. The summed E-state index contributed by atoms with van der Waals surface area (Å²) < 4.78 is 18.8. The first-order valence-electron chi connectivity index (χ1n) is 10.4. The van der Waals surface area contributed by atoms with Crippen LogP contribution in [-0.4, -0.2) is 28.9 Å². The quantitative estimate of drug-likeness (QED) is 0.379. The largest absolute Gasteiger partial charge is 0.494 e. The van der Waals surface area contributed by atoms with Gasteiger partial charge in [0.15, 0.2) is 11.6 Å². The lowest BCUT2D eigenvalue weighted by molar-refractivity contribution is 0.0998. The van der Waals surface area contributed by atoms with E-state index in [4.69, 9.17) is 10.5 Å². The summed E-state index contributed by atoms with van der Waals surface area (Å²) in [5, 5.41) is 6.76. The zero-order valence-electron chi connectivity index (χ0n) is 18.5. The van der Waals surface area contributed by atoms with Gasteiger partial charge in [0.05, 0.1) is 24.2 Å². The minimum absolute atomic E-state index is 0.0682. The lowest BCUT2D eigenvalue weighted by atomic mass is 10.1. The van der Waals surface area contributed by atoms with Gasteiger partial charge in [0, 0.05) is 16.6 Å². The monoisotopic (exact) mass is 459 g/mol. The number of para-hydroxylation sites is 1. The van der Waals surface area contributed by atoms with E-state index in [-0.39, 0.29) is 17.4 Å². The predicted molar refractivity (Wildman–Crippen MR) is 127 cm³/mol. The number of nitrogens with one attached hydrogen (secondary N) is 2. The van der Waals surface area contributed by atoms with Gasteiger partial charge in [-0.3, -0.25) is 9.59 Å². The van der Waals surface area contributed by atoms with Crippen molar-refractivity contribution in [3.8, 4) is 5.75 Å². The first-order chi connectivity index (χ1) is 16.4. The third-order valence-electron chi connectivity index (χ3n) is 5.34. The van der Waals surface area contributed by atoms with E-state index in [0.29, 0.717) is 28.0 Å². The second-order valence-electron chi connectivity index (χ2n) is 7.58. The standard InChI is InChI=1S/C25H22FN5O3/c1-14(30-24-19-8-4-7-18(23(27)32)22(19)28-13-29-24)15-5-3-6-17(11-15)31-25(33)16-9-10-21(34-2)20(26)12-16/h3-14H,1-2H3,(H2,27,32)(H,31,33)(H,28,29,30)/t14-/m1/s1. The Kier molecular flexibility index (Phi) is 6.35. The topological polar surface area (TPSA) is 119 Å². The molecule has 2 amide bonds. The maximum absolute atomic E-state index is 14.0. The van der Waals surface area contributed by atoms with Crippen molar-refractivity contribution in [1.82, 2.24) is 9.97 Å². The molecule has 0 aliphatic rings. The lowest BCUT2D eigenvalue weighted by Gasteiger charge is -2.17. The van der Waals surface area contributed by atoms with Crippen LogP contribution in [0.1, 0.15) is 39.2 Å². The number of rotatable bonds is 7. The van der Waals surface area contributed by atoms with E-state index < -0.39 is 17.6 Å². The van der Waals surface area contributed by atoms with E-state index >= 15 is 0 Å². The molecule has 3 aromatic carbocycles. The van der Waals surface area contributed by atoms with E-state index in [2.05, 4.69) is 20.6 Å². The molecule has 0 aliphatic carbocycles. The van der Waals surface area contributed by atoms with Crippen molar-refractivity contribution >= 4 is 34.2 Å². The summed E-state index contributed by atoms with van der Waals surface area (Å²) in [6.07, 6.45) is 1.37. The number of carbonyl (C=O) groups is 2. The van der Waals surface area contributed by atoms with E-state index in [0.717, 1.165) is 11.6 Å². The maximum atomic E-state index is 14.0. The average Bonchev–Trinajstić information content (AvgIpc) is 2.83. The zero-order valence-corrected chi connectivity index (χ0v) is 18.5. The number of nitrogens with two attached hydrogens (primary N) is 1. The highest BCUT2D eigenvalue weighted by atomic mass is 19.1. The Hall–Kier alpha value is -4.53. The average molecular weight is 459 g/mol. The fourth-order valence-corrected chi connectivity index (χ4v) is 3.59. The fraction of sp³-hybridized carbons (Fsp3) is 0.120. The summed E-state index contributed by atoms with van der Waals surface area (Å²) in [5.74, 6) is -1.01. The highest BCUT2D eigenvalue weighted by molar-refractivity contribution is 6.07. The number of halogens is 1. The summed E-state index contributed by atoms with van der Waals surface area (Å²) >= 11 is 0. The summed E-state index contributed by atoms with van der Waals surface area (Å²) in [7, 11) is 1.36. The van der Waals surface area contributed by atoms with Crippen LogP contribution in [-0.2, 0) is 0 Å². The molecule has 4 aromatic rings. The van der Waals surface area contributed by atoms with Gasteiger partial charge in [-0.05, 0) is 55.0 Å². The van der Waals surface area contributed by atoms with Crippen molar-refractivity contribution in [2.24, 2.45) is 5.73 Å². The van der Waals surface area contributed by atoms with Crippen LogP contribution in [0, 0.1) is 5.82 Å². The molecule has 0 aliphatic heterocycles. The van der Waals surface area contributed by atoms with E-state index in [1.165, 1.54) is 25.6 Å². The molecule has 8 nitrogen and oxygen atoms in total. The number of primary amides is 1. The Balaban J connectivity index is 1.54. The number of ether oxygens (including phenoxy) is 1. The summed E-state index contributed by atoms with van der Waals surface area (Å²) in [6.45, 7) is 1.94. The van der Waals surface area contributed by atoms with Crippen molar-refractivity contribution in [3.63, 3.8) is 0 Å². The number of nitrogens with zero attached hydrogens (tertiary/aromatic N) is 2. The van der Waals surface area contributed by atoms with Crippen molar-refractivity contribution < 1.29 is 18.7 Å². The second kappa shape index (κ2) is 9.53. The number of fused-ring (bicyclic) bond motifs is 1. The molecule has 4 N–H and O–H groups in total. The molecular formula is C25H22FN5O3. The van der Waals surface area contributed by atoms with Gasteiger partial charge in [-0.1, -0.05) is 18.2 Å². The molecule has 4 rings (SSSR count). The Labute approximate surface area is 195 Å². The molecule has 172 valence electrons. The molecule has 0 saturated carbocycles. The van der Waals surface area contributed by atoms with Crippen LogP contribution in [0.2, 0.25) is 0 Å². The molecule has 9 heteroatoms. The predicted octanol–water partition coefficient (Wildman–Crippen LogP) is 4.30. The number of carbonyl (C=O) groups excluding carboxylic acids is 2. The van der Waals surface area contributed by atoms with Gasteiger partial charge >= 0.3 is 0 Å². The number of methoxy groups -OCH3 is 1. The minimum atomic E-state index is -0.613. The highest BCUT2D eigenvalue weighted by Crippen LogP contribution is 2.27. The Morgan fingerprint density at radius 2 is 1.85 bits per heavy atom. The van der Waals surface area contributed by atoms with Gasteiger partial charge in [0.1, 0.15) is 12.1 Å². The molecule has 1 atom stereocenters. The van der Waals surface area contributed by atoms with Crippen LogP contribution in [0.3, 0.4) is 0 Å². The summed E-state index contributed by atoms with van der Waals surface area (Å²) in [6, 6.07) is 16.2. The molecule has 0 fully saturated rings. The lowest BCUT2D eigenvalue weighted by Crippen LogP contribution is -2.14. The van der Waals surface area contributed by atoms with Crippen molar-refractivity contribution in [3.05, 3.63) is 89.5 Å². The van der Waals surface area contributed by atoms with Gasteiger partial charge in [-0.15, -0.1) is 0 Å². The molecule has 0 radical (unpaired) electrons. The van der Waals surface area contributed by atoms with E-state index in [9.17, 15) is 14.0 Å². The number of hydrogen-bond acceptors (Lipinski definition) is 6. The molecule has 0 saturated heterocycles. The highest BCUT2D eigenvalue weighted by Gasteiger charge is 2.15. The first-order valence-corrected chi connectivity index (χ1v) is 10.4. The van der Waals surface area contributed by atoms with Crippen molar-refractivity contribution in [1.29, 1.82) is 0 Å². The number of amides is 2. The van der Waals surface area contributed by atoms with Crippen LogP contribution in [0.15, 0.2) is 67.0 Å². The van der Waals surface area contributed by atoms with Crippen molar-refractivity contribution in [2.75, 3.05) is 17.7 Å². The van der Waals surface area contributed by atoms with Crippen LogP contribution in [0.25, 0.3) is 10.9 Å². The Morgan fingerprint density at radius 1 is 1.06 bits per heavy atom. The van der Waals surface area contributed by atoms with Crippen LogP contribution >= 0.6 is 0 Å². The molecule has 0 spiro atoms. The third-order valence-corrected chi connectivity index (χ3v) is 5.34. The molecule has 1 aromatic heterocycles. The third kappa shape index (κ3) is 4.63. The normalized spacial score (nSPS) is 11.6.